The molecule has 38 heavy (non-hydrogen) atoms. The number of benzene rings is 4. The summed E-state index contributed by atoms with van der Waals surface area (Å²) in [6.07, 6.45) is 1.58. The third kappa shape index (κ3) is 8.18. The maximum Gasteiger partial charge on any atom is 0.266 e. The van der Waals surface area contributed by atoms with Crippen molar-refractivity contribution in [3.8, 4) is 17.6 Å². The van der Waals surface area contributed by atoms with Crippen LogP contribution in [0.15, 0.2) is 96.6 Å². The van der Waals surface area contributed by atoms with Crippen molar-refractivity contribution in [3.63, 3.8) is 0 Å². The van der Waals surface area contributed by atoms with Crippen LogP contribution in [0.1, 0.15) is 16.7 Å². The highest BCUT2D eigenvalue weighted by atomic mass is 127. The molecule has 0 saturated heterocycles. The van der Waals surface area contributed by atoms with E-state index in [4.69, 9.17) is 9.47 Å². The zero-order valence-corrected chi connectivity index (χ0v) is 26.4. The minimum absolute atomic E-state index is 0.00793. The highest BCUT2D eigenvalue weighted by Gasteiger charge is 2.13. The molecule has 0 bridgehead atoms. The van der Waals surface area contributed by atoms with Crippen LogP contribution in [0.5, 0.6) is 11.5 Å². The number of nitriles is 1. The fraction of sp³-hybridized carbons (Fsp3) is 0.0667. The van der Waals surface area contributed by atoms with Crippen molar-refractivity contribution in [1.29, 1.82) is 5.26 Å². The summed E-state index contributed by atoms with van der Waals surface area (Å²) in [5, 5.41) is 12.4. The minimum atomic E-state index is -0.477. The Morgan fingerprint density at radius 2 is 1.42 bits per heavy atom. The van der Waals surface area contributed by atoms with Gasteiger partial charge in [0, 0.05) is 9.26 Å². The molecule has 0 fully saturated rings. The molecule has 1 amide bonds. The molecule has 0 heterocycles. The first kappa shape index (κ1) is 28.4. The SMILES string of the molecule is N#C/C(=C\c1cc(I)c(OCc2ccc(I)cc2)c(I)c1)C(=O)Nc1ccc(OCc2ccccc2)cc1. The average Bonchev–Trinajstić information content (AvgIpc) is 2.92. The van der Waals surface area contributed by atoms with E-state index in [9.17, 15) is 10.1 Å². The van der Waals surface area contributed by atoms with E-state index >= 15 is 0 Å². The van der Waals surface area contributed by atoms with Gasteiger partial charge in [-0.15, -0.1) is 0 Å². The number of anilines is 1. The number of hydrogen-bond donors (Lipinski definition) is 1. The molecule has 0 unspecified atom stereocenters. The Balaban J connectivity index is 1.39. The van der Waals surface area contributed by atoms with Crippen LogP contribution in [0, 0.1) is 22.0 Å². The van der Waals surface area contributed by atoms with Gasteiger partial charge in [0.05, 0.1) is 7.14 Å². The van der Waals surface area contributed by atoms with Gasteiger partial charge in [-0.05, 0) is 139 Å². The normalized spacial score (nSPS) is 10.9. The molecule has 0 aromatic heterocycles. The first-order valence-corrected chi connectivity index (χ1v) is 14.7. The van der Waals surface area contributed by atoms with Gasteiger partial charge < -0.3 is 14.8 Å². The molecule has 0 spiro atoms. The summed E-state index contributed by atoms with van der Waals surface area (Å²) >= 11 is 6.70. The molecule has 0 aliphatic rings. The Morgan fingerprint density at radius 1 is 0.816 bits per heavy atom. The van der Waals surface area contributed by atoms with E-state index in [0.29, 0.717) is 24.7 Å². The number of nitrogens with one attached hydrogen (secondary N) is 1. The molecule has 4 aromatic rings. The molecule has 0 aliphatic carbocycles. The highest BCUT2D eigenvalue weighted by molar-refractivity contribution is 14.1. The largest absolute Gasteiger partial charge is 0.489 e. The first-order chi connectivity index (χ1) is 18.4. The molecule has 4 aromatic carbocycles. The molecule has 5 nitrogen and oxygen atoms in total. The van der Waals surface area contributed by atoms with E-state index in [2.05, 4.69) is 73.1 Å². The Kier molecular flexibility index (Phi) is 10.4. The van der Waals surface area contributed by atoms with Crippen molar-refractivity contribution in [3.05, 3.63) is 124 Å². The number of rotatable bonds is 9. The summed E-state index contributed by atoms with van der Waals surface area (Å²) in [6.45, 7) is 0.918. The monoisotopic (exact) mass is 838 g/mol. The first-order valence-electron chi connectivity index (χ1n) is 11.5. The average molecular weight is 838 g/mol. The van der Waals surface area contributed by atoms with E-state index in [1.807, 2.05) is 72.8 Å². The fourth-order valence-electron chi connectivity index (χ4n) is 3.43. The summed E-state index contributed by atoms with van der Waals surface area (Å²) in [6, 6.07) is 31.0. The van der Waals surface area contributed by atoms with Gasteiger partial charge in [0.2, 0.25) is 0 Å². The summed E-state index contributed by atoms with van der Waals surface area (Å²) in [5.41, 5.74) is 3.49. The lowest BCUT2D eigenvalue weighted by atomic mass is 10.1. The molecule has 0 saturated carbocycles. The van der Waals surface area contributed by atoms with Gasteiger partial charge in [-0.1, -0.05) is 42.5 Å². The van der Waals surface area contributed by atoms with Crippen LogP contribution >= 0.6 is 67.8 Å². The van der Waals surface area contributed by atoms with E-state index < -0.39 is 5.91 Å². The standard InChI is InChI=1S/C30H21I3N2O3/c31-24-8-6-21(7-9-24)19-38-29-27(32)15-22(16-28(29)33)14-23(17-34)30(36)35-25-10-12-26(13-11-25)37-18-20-4-2-1-3-5-20/h1-16H,18-19H2,(H,35,36)/b23-14+. The second kappa shape index (κ2) is 14.0. The second-order valence-corrected chi connectivity index (χ2v) is 11.7. The molecule has 1 N–H and O–H groups in total. The fourth-order valence-corrected chi connectivity index (χ4v) is 5.91. The van der Waals surface area contributed by atoms with Crippen molar-refractivity contribution in [2.24, 2.45) is 0 Å². The molecule has 190 valence electrons. The number of halogens is 3. The lowest BCUT2D eigenvalue weighted by Gasteiger charge is -2.12. The highest BCUT2D eigenvalue weighted by Crippen LogP contribution is 2.31. The Bertz CT molecular complexity index is 1460. The Labute approximate surface area is 262 Å². The Hall–Kier alpha value is -2.63. The maximum atomic E-state index is 12.8. The molecular weight excluding hydrogens is 817 g/mol. The predicted octanol–water partition coefficient (Wildman–Crippen LogP) is 8.20. The number of nitrogens with zero attached hydrogens (tertiary/aromatic N) is 1. The van der Waals surface area contributed by atoms with Crippen molar-refractivity contribution in [2.45, 2.75) is 13.2 Å². The molecule has 8 heteroatoms. The number of carbonyl (C=O) groups excluding carboxylic acids is 1. The van der Waals surface area contributed by atoms with Crippen LogP contribution in [0.25, 0.3) is 6.08 Å². The molecule has 0 atom stereocenters. The molecular formula is C30H21I3N2O3. The maximum absolute atomic E-state index is 12.8. The van der Waals surface area contributed by atoms with Gasteiger partial charge >= 0.3 is 0 Å². The van der Waals surface area contributed by atoms with Gasteiger partial charge in [0.25, 0.3) is 5.91 Å². The summed E-state index contributed by atoms with van der Waals surface area (Å²) in [4.78, 5) is 12.8. The van der Waals surface area contributed by atoms with Gasteiger partial charge in [-0.2, -0.15) is 5.26 Å². The van der Waals surface area contributed by atoms with Crippen LogP contribution in [-0.4, -0.2) is 5.91 Å². The van der Waals surface area contributed by atoms with Crippen molar-refractivity contribution < 1.29 is 14.3 Å². The number of amides is 1. The Morgan fingerprint density at radius 3 is 2.05 bits per heavy atom. The van der Waals surface area contributed by atoms with Crippen LogP contribution in [-0.2, 0) is 18.0 Å². The summed E-state index contributed by atoms with van der Waals surface area (Å²) in [7, 11) is 0. The summed E-state index contributed by atoms with van der Waals surface area (Å²) in [5.74, 6) is 0.991. The molecule has 4 rings (SSSR count). The van der Waals surface area contributed by atoms with E-state index in [0.717, 1.165) is 29.6 Å². The zero-order chi connectivity index (χ0) is 26.9. The third-order valence-corrected chi connectivity index (χ3v) is 7.68. The minimum Gasteiger partial charge on any atom is -0.489 e. The van der Waals surface area contributed by atoms with Crippen LogP contribution in [0.2, 0.25) is 0 Å². The number of hydrogen-bond acceptors (Lipinski definition) is 4. The number of carbonyl (C=O) groups is 1. The smallest absolute Gasteiger partial charge is 0.266 e. The van der Waals surface area contributed by atoms with Gasteiger partial charge in [0.15, 0.2) is 0 Å². The van der Waals surface area contributed by atoms with Crippen LogP contribution < -0.4 is 14.8 Å². The topological polar surface area (TPSA) is 71.3 Å². The lowest BCUT2D eigenvalue weighted by molar-refractivity contribution is -0.112. The quantitative estimate of drug-likeness (QED) is 0.105. The van der Waals surface area contributed by atoms with Gasteiger partial charge in [-0.3, -0.25) is 4.79 Å². The molecule has 0 aliphatic heterocycles. The predicted molar refractivity (Wildman–Crippen MR) is 175 cm³/mol. The van der Waals surface area contributed by atoms with E-state index in [1.54, 1.807) is 30.3 Å². The molecule has 0 radical (unpaired) electrons. The third-order valence-electron chi connectivity index (χ3n) is 5.35. The van der Waals surface area contributed by atoms with E-state index in [1.165, 1.54) is 3.57 Å². The van der Waals surface area contributed by atoms with Crippen LogP contribution in [0.4, 0.5) is 5.69 Å². The zero-order valence-electron chi connectivity index (χ0n) is 20.0. The number of ether oxygens (including phenoxy) is 2. The van der Waals surface area contributed by atoms with Crippen molar-refractivity contribution in [1.82, 2.24) is 0 Å². The second-order valence-electron chi connectivity index (χ2n) is 8.15. The van der Waals surface area contributed by atoms with Gasteiger partial charge in [-0.25, -0.2) is 0 Å². The van der Waals surface area contributed by atoms with Gasteiger partial charge in [0.1, 0.15) is 36.4 Å². The summed E-state index contributed by atoms with van der Waals surface area (Å²) < 4.78 is 14.8. The van der Waals surface area contributed by atoms with E-state index in [-0.39, 0.29) is 5.57 Å². The van der Waals surface area contributed by atoms with Crippen LogP contribution in [0.3, 0.4) is 0 Å². The van der Waals surface area contributed by atoms with Crippen molar-refractivity contribution in [2.75, 3.05) is 5.32 Å². The van der Waals surface area contributed by atoms with Crippen molar-refractivity contribution >= 4 is 85.4 Å². The lowest BCUT2D eigenvalue weighted by Crippen LogP contribution is -2.13.